The van der Waals surface area contributed by atoms with Gasteiger partial charge in [0.15, 0.2) is 9.84 Å². The van der Waals surface area contributed by atoms with E-state index in [9.17, 15) is 13.2 Å². The molecule has 0 aromatic carbocycles. The van der Waals surface area contributed by atoms with Gasteiger partial charge in [0, 0.05) is 11.7 Å². The summed E-state index contributed by atoms with van der Waals surface area (Å²) in [6, 6.07) is 2.82. The SMILES string of the molecule is Cc1ccc(C(=O)O)c(NC2CCS(=O)(=O)C2)n1. The van der Waals surface area contributed by atoms with Crippen LogP contribution in [-0.2, 0) is 9.84 Å². The summed E-state index contributed by atoms with van der Waals surface area (Å²) >= 11 is 0. The van der Waals surface area contributed by atoms with Crippen LogP contribution in [-0.4, -0.2) is 42.0 Å². The largest absolute Gasteiger partial charge is 0.478 e. The second-order valence-corrected chi connectivity index (χ2v) is 6.63. The molecule has 1 aromatic rings. The number of sulfone groups is 1. The standard InChI is InChI=1S/C11H14N2O4S/c1-7-2-3-9(11(14)15)10(12-7)13-8-4-5-18(16,17)6-8/h2-3,8H,4-6H2,1H3,(H,12,13)(H,14,15). The number of rotatable bonds is 3. The zero-order valence-electron chi connectivity index (χ0n) is 9.88. The summed E-state index contributed by atoms with van der Waals surface area (Å²) in [6.45, 7) is 1.75. The molecule has 1 saturated heterocycles. The molecule has 7 heteroatoms. The molecule has 1 fully saturated rings. The monoisotopic (exact) mass is 270 g/mol. The molecular weight excluding hydrogens is 256 g/mol. The molecular formula is C11H14N2O4S. The number of hydrogen-bond donors (Lipinski definition) is 2. The van der Waals surface area contributed by atoms with E-state index in [1.165, 1.54) is 6.07 Å². The molecule has 0 radical (unpaired) electrons. The molecule has 0 bridgehead atoms. The van der Waals surface area contributed by atoms with Crippen molar-refractivity contribution in [1.29, 1.82) is 0 Å². The quantitative estimate of drug-likeness (QED) is 0.838. The van der Waals surface area contributed by atoms with Crippen molar-refractivity contribution in [3.05, 3.63) is 23.4 Å². The van der Waals surface area contributed by atoms with Crippen LogP contribution >= 0.6 is 0 Å². The Morgan fingerprint density at radius 2 is 2.22 bits per heavy atom. The summed E-state index contributed by atoms with van der Waals surface area (Å²) < 4.78 is 22.7. The molecule has 0 saturated carbocycles. The van der Waals surface area contributed by atoms with Gasteiger partial charge >= 0.3 is 5.97 Å². The maximum atomic E-state index is 11.3. The lowest BCUT2D eigenvalue weighted by atomic mass is 10.2. The van der Waals surface area contributed by atoms with E-state index in [4.69, 9.17) is 5.11 Å². The third-order valence-electron chi connectivity index (χ3n) is 2.84. The Bertz CT molecular complexity index is 583. The van der Waals surface area contributed by atoms with Gasteiger partial charge in [-0.15, -0.1) is 0 Å². The predicted octanol–water partition coefficient (Wildman–Crippen LogP) is 0.687. The summed E-state index contributed by atoms with van der Waals surface area (Å²) in [4.78, 5) is 15.2. The normalized spacial score (nSPS) is 21.7. The lowest BCUT2D eigenvalue weighted by Crippen LogP contribution is -2.23. The van der Waals surface area contributed by atoms with Crippen molar-refractivity contribution in [1.82, 2.24) is 4.98 Å². The van der Waals surface area contributed by atoms with E-state index in [2.05, 4.69) is 10.3 Å². The van der Waals surface area contributed by atoms with Crippen LogP contribution in [0.4, 0.5) is 5.82 Å². The number of nitrogens with one attached hydrogen (secondary N) is 1. The predicted molar refractivity (Wildman–Crippen MR) is 66.6 cm³/mol. The molecule has 98 valence electrons. The summed E-state index contributed by atoms with van der Waals surface area (Å²) in [5.74, 6) is -0.670. The molecule has 1 aromatic heterocycles. The fraction of sp³-hybridized carbons (Fsp3) is 0.455. The minimum absolute atomic E-state index is 0.0294. The molecule has 2 rings (SSSR count). The summed E-state index contributed by atoms with van der Waals surface area (Å²) in [7, 11) is -3.00. The number of anilines is 1. The number of aryl methyl sites for hydroxylation is 1. The zero-order valence-corrected chi connectivity index (χ0v) is 10.7. The van der Waals surface area contributed by atoms with Crippen LogP contribution in [0.15, 0.2) is 12.1 Å². The van der Waals surface area contributed by atoms with Crippen molar-refractivity contribution in [2.75, 3.05) is 16.8 Å². The van der Waals surface area contributed by atoms with Crippen LogP contribution in [0.3, 0.4) is 0 Å². The van der Waals surface area contributed by atoms with Crippen molar-refractivity contribution in [2.24, 2.45) is 0 Å². The molecule has 1 aliphatic rings. The zero-order chi connectivity index (χ0) is 13.3. The Morgan fingerprint density at radius 1 is 1.50 bits per heavy atom. The van der Waals surface area contributed by atoms with E-state index in [1.54, 1.807) is 13.0 Å². The minimum atomic E-state index is -3.00. The van der Waals surface area contributed by atoms with E-state index in [1.807, 2.05) is 0 Å². The molecule has 1 aliphatic heterocycles. The van der Waals surface area contributed by atoms with Gasteiger partial charge in [0.2, 0.25) is 0 Å². The van der Waals surface area contributed by atoms with E-state index >= 15 is 0 Å². The fourth-order valence-corrected chi connectivity index (χ4v) is 3.61. The number of aromatic carboxylic acids is 1. The van der Waals surface area contributed by atoms with E-state index in [0.29, 0.717) is 12.1 Å². The Hall–Kier alpha value is -1.63. The number of carboxylic acids is 1. The van der Waals surface area contributed by atoms with E-state index in [-0.39, 0.29) is 28.9 Å². The van der Waals surface area contributed by atoms with E-state index in [0.717, 1.165) is 0 Å². The Kier molecular flexibility index (Phi) is 3.25. The van der Waals surface area contributed by atoms with Crippen molar-refractivity contribution < 1.29 is 18.3 Å². The second-order valence-electron chi connectivity index (χ2n) is 4.40. The Labute approximate surface area is 105 Å². The van der Waals surface area contributed by atoms with Gasteiger partial charge in [-0.05, 0) is 25.5 Å². The molecule has 6 nitrogen and oxygen atoms in total. The molecule has 2 heterocycles. The van der Waals surface area contributed by atoms with Crippen LogP contribution in [0.1, 0.15) is 22.5 Å². The van der Waals surface area contributed by atoms with Crippen LogP contribution in [0.2, 0.25) is 0 Å². The Balaban J connectivity index is 2.23. The maximum absolute atomic E-state index is 11.3. The van der Waals surface area contributed by atoms with Gasteiger partial charge < -0.3 is 10.4 Å². The molecule has 2 N–H and O–H groups in total. The van der Waals surface area contributed by atoms with Crippen molar-refractivity contribution in [3.63, 3.8) is 0 Å². The molecule has 18 heavy (non-hydrogen) atoms. The summed E-state index contributed by atoms with van der Waals surface area (Å²) in [5.41, 5.74) is 0.744. The topological polar surface area (TPSA) is 96.4 Å². The van der Waals surface area contributed by atoms with Crippen molar-refractivity contribution in [2.45, 2.75) is 19.4 Å². The van der Waals surface area contributed by atoms with E-state index < -0.39 is 15.8 Å². The highest BCUT2D eigenvalue weighted by Gasteiger charge is 2.28. The highest BCUT2D eigenvalue weighted by Crippen LogP contribution is 2.19. The average Bonchev–Trinajstić information content (AvgIpc) is 2.57. The van der Waals surface area contributed by atoms with Crippen molar-refractivity contribution in [3.8, 4) is 0 Å². The fourth-order valence-electron chi connectivity index (χ4n) is 1.94. The van der Waals surface area contributed by atoms with Crippen molar-refractivity contribution >= 4 is 21.6 Å². The van der Waals surface area contributed by atoms with Gasteiger partial charge in [0.25, 0.3) is 0 Å². The first kappa shape index (κ1) is 12.8. The molecule has 0 aliphatic carbocycles. The lowest BCUT2D eigenvalue weighted by molar-refractivity contribution is 0.0697. The third kappa shape index (κ3) is 2.79. The maximum Gasteiger partial charge on any atom is 0.339 e. The van der Waals surface area contributed by atoms with Gasteiger partial charge in [-0.1, -0.05) is 0 Å². The molecule has 1 unspecified atom stereocenters. The number of carboxylic acid groups (broad SMARTS) is 1. The highest BCUT2D eigenvalue weighted by atomic mass is 32.2. The van der Waals surface area contributed by atoms with Crippen LogP contribution in [0, 0.1) is 6.92 Å². The molecule has 0 amide bonds. The first-order valence-electron chi connectivity index (χ1n) is 5.55. The Morgan fingerprint density at radius 3 is 2.78 bits per heavy atom. The van der Waals surface area contributed by atoms with Gasteiger partial charge in [-0.3, -0.25) is 0 Å². The second kappa shape index (κ2) is 4.56. The number of carbonyl (C=O) groups is 1. The summed E-state index contributed by atoms with van der Waals surface area (Å²) in [6.07, 6.45) is 0.483. The van der Waals surface area contributed by atoms with Crippen LogP contribution < -0.4 is 5.32 Å². The smallest absolute Gasteiger partial charge is 0.339 e. The number of aromatic nitrogens is 1. The van der Waals surface area contributed by atoms with Gasteiger partial charge in [0.05, 0.1) is 11.5 Å². The minimum Gasteiger partial charge on any atom is -0.478 e. The molecule has 1 atom stereocenters. The van der Waals surface area contributed by atoms with Gasteiger partial charge in [-0.2, -0.15) is 0 Å². The number of nitrogens with zero attached hydrogens (tertiary/aromatic N) is 1. The number of pyridine rings is 1. The molecule has 0 spiro atoms. The number of hydrogen-bond acceptors (Lipinski definition) is 5. The summed E-state index contributed by atoms with van der Waals surface area (Å²) in [5, 5.41) is 12.0. The highest BCUT2D eigenvalue weighted by molar-refractivity contribution is 7.91. The lowest BCUT2D eigenvalue weighted by Gasteiger charge is -2.14. The first-order chi connectivity index (χ1) is 8.37. The first-order valence-corrected chi connectivity index (χ1v) is 7.37. The third-order valence-corrected chi connectivity index (χ3v) is 4.61. The average molecular weight is 270 g/mol. The van der Waals surface area contributed by atoms with Gasteiger partial charge in [-0.25, -0.2) is 18.2 Å². The van der Waals surface area contributed by atoms with Gasteiger partial charge in [0.1, 0.15) is 11.4 Å². The van der Waals surface area contributed by atoms with Crippen LogP contribution in [0.25, 0.3) is 0 Å². The van der Waals surface area contributed by atoms with Crippen LogP contribution in [0.5, 0.6) is 0 Å².